The Hall–Kier alpha value is -0.530. The Labute approximate surface area is 100 Å². The number of Topliss-reactive ketones (excluding diaryl/α,β-unsaturated/α-hetero) is 1. The topological polar surface area (TPSA) is 17.1 Å². The molecular weight excluding hydrogens is 231 g/mol. The molecule has 0 aromatic heterocycles. The predicted octanol–water partition coefficient (Wildman–Crippen LogP) is 4.15. The van der Waals surface area contributed by atoms with Gasteiger partial charge in [-0.05, 0) is 31.4 Å². The Balaban J connectivity index is 2.88. The summed E-state index contributed by atoms with van der Waals surface area (Å²) in [5.74, 6) is 0.245. The molecule has 82 valence electrons. The van der Waals surface area contributed by atoms with Crippen LogP contribution in [0.15, 0.2) is 18.2 Å². The molecule has 1 aromatic rings. The molecular formula is C12H14Cl2O. The second kappa shape index (κ2) is 5.53. The van der Waals surface area contributed by atoms with Crippen molar-refractivity contribution in [1.82, 2.24) is 0 Å². The number of halogens is 2. The first-order valence-corrected chi connectivity index (χ1v) is 5.75. The highest BCUT2D eigenvalue weighted by molar-refractivity contribution is 6.42. The lowest BCUT2D eigenvalue weighted by Gasteiger charge is -2.12. The van der Waals surface area contributed by atoms with Crippen molar-refractivity contribution in [3.05, 3.63) is 33.8 Å². The summed E-state index contributed by atoms with van der Waals surface area (Å²) in [6.45, 7) is 3.62. The van der Waals surface area contributed by atoms with E-state index >= 15 is 0 Å². The van der Waals surface area contributed by atoms with E-state index in [0.29, 0.717) is 16.5 Å². The molecule has 0 radical (unpaired) electrons. The van der Waals surface area contributed by atoms with Crippen LogP contribution in [-0.2, 0) is 11.2 Å². The van der Waals surface area contributed by atoms with E-state index in [1.807, 2.05) is 19.1 Å². The van der Waals surface area contributed by atoms with Gasteiger partial charge in [0.25, 0.3) is 0 Å². The average molecular weight is 245 g/mol. The highest BCUT2D eigenvalue weighted by atomic mass is 35.5. The molecule has 0 N–H and O–H groups in total. The smallest absolute Gasteiger partial charge is 0.133 e. The van der Waals surface area contributed by atoms with Gasteiger partial charge in [0.05, 0.1) is 10.0 Å². The number of rotatable bonds is 4. The fraction of sp³-hybridized carbons (Fsp3) is 0.417. The minimum absolute atomic E-state index is 0.0426. The predicted molar refractivity (Wildman–Crippen MR) is 64.6 cm³/mol. The lowest BCUT2D eigenvalue weighted by molar-refractivity contribution is -0.120. The van der Waals surface area contributed by atoms with Crippen molar-refractivity contribution >= 4 is 29.0 Å². The van der Waals surface area contributed by atoms with Gasteiger partial charge in [-0.25, -0.2) is 0 Å². The molecule has 0 aliphatic carbocycles. The van der Waals surface area contributed by atoms with E-state index in [9.17, 15) is 4.79 Å². The number of carbonyl (C=O) groups excluding carboxylic acids is 1. The third kappa shape index (κ3) is 3.22. The molecule has 0 aliphatic rings. The number of benzene rings is 1. The van der Waals surface area contributed by atoms with Crippen LogP contribution in [0.5, 0.6) is 0 Å². The molecule has 3 heteroatoms. The molecule has 0 saturated carbocycles. The van der Waals surface area contributed by atoms with Crippen molar-refractivity contribution in [3.8, 4) is 0 Å². The standard InChI is InChI=1S/C12H14Cl2O/c1-3-9(8(2)15)7-10-5-4-6-11(13)12(10)14/h4-6,9H,3,7H2,1-2H3. The second-order valence-electron chi connectivity index (χ2n) is 3.63. The molecule has 0 fully saturated rings. The lowest BCUT2D eigenvalue weighted by atomic mass is 9.94. The Kier molecular flexibility index (Phi) is 4.62. The van der Waals surface area contributed by atoms with E-state index in [1.165, 1.54) is 0 Å². The Bertz CT molecular complexity index is 361. The van der Waals surface area contributed by atoms with Crippen molar-refractivity contribution in [1.29, 1.82) is 0 Å². The Morgan fingerprint density at radius 3 is 2.60 bits per heavy atom. The van der Waals surface area contributed by atoms with E-state index in [-0.39, 0.29) is 11.7 Å². The van der Waals surface area contributed by atoms with Crippen LogP contribution in [0.4, 0.5) is 0 Å². The van der Waals surface area contributed by atoms with Gasteiger partial charge in [0.2, 0.25) is 0 Å². The highest BCUT2D eigenvalue weighted by Crippen LogP contribution is 2.28. The van der Waals surface area contributed by atoms with Crippen LogP contribution < -0.4 is 0 Å². The molecule has 0 amide bonds. The van der Waals surface area contributed by atoms with Gasteiger partial charge >= 0.3 is 0 Å². The molecule has 0 spiro atoms. The molecule has 1 atom stereocenters. The lowest BCUT2D eigenvalue weighted by Crippen LogP contribution is -2.13. The van der Waals surface area contributed by atoms with Gasteiger partial charge < -0.3 is 0 Å². The van der Waals surface area contributed by atoms with Gasteiger partial charge in [0, 0.05) is 5.92 Å². The van der Waals surface area contributed by atoms with Gasteiger partial charge in [-0.15, -0.1) is 0 Å². The molecule has 15 heavy (non-hydrogen) atoms. The number of hydrogen-bond donors (Lipinski definition) is 0. The summed E-state index contributed by atoms with van der Waals surface area (Å²) in [5, 5.41) is 1.12. The van der Waals surface area contributed by atoms with E-state index in [1.54, 1.807) is 13.0 Å². The zero-order valence-electron chi connectivity index (χ0n) is 8.89. The van der Waals surface area contributed by atoms with Crippen LogP contribution in [0.1, 0.15) is 25.8 Å². The molecule has 1 unspecified atom stereocenters. The first-order valence-electron chi connectivity index (χ1n) is 4.99. The molecule has 1 aromatic carbocycles. The molecule has 0 bridgehead atoms. The third-order valence-electron chi connectivity index (χ3n) is 2.57. The maximum Gasteiger partial charge on any atom is 0.133 e. The van der Waals surface area contributed by atoms with Crippen molar-refractivity contribution in [2.75, 3.05) is 0 Å². The van der Waals surface area contributed by atoms with Gasteiger partial charge in [0.1, 0.15) is 5.78 Å². The monoisotopic (exact) mass is 244 g/mol. The number of hydrogen-bond acceptors (Lipinski definition) is 1. The van der Waals surface area contributed by atoms with Crippen LogP contribution >= 0.6 is 23.2 Å². The minimum atomic E-state index is 0.0426. The van der Waals surface area contributed by atoms with Gasteiger partial charge in [-0.2, -0.15) is 0 Å². The first kappa shape index (κ1) is 12.5. The van der Waals surface area contributed by atoms with Gasteiger partial charge in [-0.3, -0.25) is 4.79 Å². The van der Waals surface area contributed by atoms with Crippen LogP contribution in [-0.4, -0.2) is 5.78 Å². The first-order chi connectivity index (χ1) is 7.06. The van der Waals surface area contributed by atoms with Crippen molar-refractivity contribution in [2.24, 2.45) is 5.92 Å². The zero-order chi connectivity index (χ0) is 11.4. The van der Waals surface area contributed by atoms with Gasteiger partial charge in [-0.1, -0.05) is 42.3 Å². The average Bonchev–Trinajstić information content (AvgIpc) is 2.19. The SMILES string of the molecule is CCC(Cc1cccc(Cl)c1Cl)C(C)=O. The van der Waals surface area contributed by atoms with Gasteiger partial charge in [0.15, 0.2) is 0 Å². The van der Waals surface area contributed by atoms with E-state index < -0.39 is 0 Å². The summed E-state index contributed by atoms with van der Waals surface area (Å²) in [7, 11) is 0. The summed E-state index contributed by atoms with van der Waals surface area (Å²) in [6, 6.07) is 5.53. The summed E-state index contributed by atoms with van der Waals surface area (Å²) in [4.78, 5) is 11.3. The highest BCUT2D eigenvalue weighted by Gasteiger charge is 2.15. The number of ketones is 1. The van der Waals surface area contributed by atoms with Crippen LogP contribution in [0.25, 0.3) is 0 Å². The summed E-state index contributed by atoms with van der Waals surface area (Å²) in [6.07, 6.45) is 1.50. The quantitative estimate of drug-likeness (QED) is 0.778. The second-order valence-corrected chi connectivity index (χ2v) is 4.42. The summed E-state index contributed by atoms with van der Waals surface area (Å²) >= 11 is 12.0. The third-order valence-corrected chi connectivity index (χ3v) is 3.42. The van der Waals surface area contributed by atoms with Crippen LogP contribution in [0.3, 0.4) is 0 Å². The minimum Gasteiger partial charge on any atom is -0.300 e. The van der Waals surface area contributed by atoms with Crippen molar-refractivity contribution in [2.45, 2.75) is 26.7 Å². The van der Waals surface area contributed by atoms with Crippen LogP contribution in [0, 0.1) is 5.92 Å². The van der Waals surface area contributed by atoms with E-state index in [0.717, 1.165) is 12.0 Å². The van der Waals surface area contributed by atoms with Crippen molar-refractivity contribution in [3.63, 3.8) is 0 Å². The molecule has 0 aliphatic heterocycles. The Morgan fingerprint density at radius 1 is 1.40 bits per heavy atom. The maximum atomic E-state index is 11.3. The Morgan fingerprint density at radius 2 is 2.07 bits per heavy atom. The fourth-order valence-corrected chi connectivity index (χ4v) is 1.94. The normalized spacial score (nSPS) is 12.5. The van der Waals surface area contributed by atoms with Crippen LogP contribution in [0.2, 0.25) is 10.0 Å². The van der Waals surface area contributed by atoms with E-state index in [2.05, 4.69) is 0 Å². The molecule has 0 saturated heterocycles. The summed E-state index contributed by atoms with van der Waals surface area (Å²) in [5.41, 5.74) is 0.950. The summed E-state index contributed by atoms with van der Waals surface area (Å²) < 4.78 is 0. The maximum absolute atomic E-state index is 11.3. The van der Waals surface area contributed by atoms with E-state index in [4.69, 9.17) is 23.2 Å². The largest absolute Gasteiger partial charge is 0.300 e. The zero-order valence-corrected chi connectivity index (χ0v) is 10.4. The molecule has 1 nitrogen and oxygen atoms in total. The fourth-order valence-electron chi connectivity index (χ4n) is 1.55. The molecule has 1 rings (SSSR count). The molecule has 0 heterocycles. The van der Waals surface area contributed by atoms with Crippen molar-refractivity contribution < 1.29 is 4.79 Å². The number of carbonyl (C=O) groups is 1.